The van der Waals surface area contributed by atoms with Gasteiger partial charge in [-0.2, -0.15) is 0 Å². The summed E-state index contributed by atoms with van der Waals surface area (Å²) in [5.41, 5.74) is 0.709. The van der Waals surface area contributed by atoms with Gasteiger partial charge in [-0.3, -0.25) is 9.59 Å². The monoisotopic (exact) mass is 578 g/mol. The largest absolute Gasteiger partial charge is 0.343 e. The van der Waals surface area contributed by atoms with Crippen LogP contribution in [0.3, 0.4) is 0 Å². The number of fused-ring (bicyclic) bond motifs is 1. The predicted octanol–water partition coefficient (Wildman–Crippen LogP) is 4.90. The topological polar surface area (TPSA) is 125 Å². The number of sulfonamides is 1. The first-order valence-corrected chi connectivity index (χ1v) is 15.6. The maximum absolute atomic E-state index is 13.4. The standard InChI is InChI=1S/C31H38N4O5S/c1-3-35(4-2)30(37)28(29(36)34-41(39,40)27-19-16-23-10-8-9-11-24(23)21-27)20-22-14-17-26(18-15-22)33-31(38)32-25-12-6-5-7-13-25/h5-13,16,19,21-22,26,28H,3-4,14-15,17-18,20H2,1-2H3,(H,34,36)(H2,32,33,38)/t22-,26+,28?. The number of hydrogen-bond donors (Lipinski definition) is 3. The van der Waals surface area contributed by atoms with E-state index in [-0.39, 0.29) is 35.2 Å². The number of anilines is 1. The van der Waals surface area contributed by atoms with E-state index in [9.17, 15) is 22.8 Å². The van der Waals surface area contributed by atoms with Gasteiger partial charge in [0.05, 0.1) is 4.90 Å². The molecule has 1 saturated carbocycles. The molecule has 0 spiro atoms. The first kappa shape index (κ1) is 30.0. The van der Waals surface area contributed by atoms with Crippen LogP contribution in [0.1, 0.15) is 46.0 Å². The number of nitrogens with zero attached hydrogens (tertiary/aromatic N) is 1. The van der Waals surface area contributed by atoms with Gasteiger partial charge in [0.15, 0.2) is 0 Å². The molecule has 3 aromatic rings. The van der Waals surface area contributed by atoms with Crippen LogP contribution in [0.4, 0.5) is 10.5 Å². The van der Waals surface area contributed by atoms with Crippen molar-refractivity contribution in [2.24, 2.45) is 11.8 Å². The van der Waals surface area contributed by atoms with Crippen molar-refractivity contribution in [3.63, 3.8) is 0 Å². The van der Waals surface area contributed by atoms with Crippen molar-refractivity contribution >= 4 is 44.3 Å². The first-order valence-electron chi connectivity index (χ1n) is 14.2. The second-order valence-electron chi connectivity index (χ2n) is 10.5. The summed E-state index contributed by atoms with van der Waals surface area (Å²) in [7, 11) is -4.18. The number of urea groups is 1. The molecule has 4 amide bonds. The van der Waals surface area contributed by atoms with E-state index in [4.69, 9.17) is 0 Å². The Morgan fingerprint density at radius 1 is 0.854 bits per heavy atom. The number of rotatable bonds is 10. The Labute approximate surface area is 241 Å². The molecule has 0 saturated heterocycles. The minimum atomic E-state index is -4.18. The molecule has 4 rings (SSSR count). The highest BCUT2D eigenvalue weighted by Crippen LogP contribution is 2.31. The second-order valence-corrected chi connectivity index (χ2v) is 12.1. The van der Waals surface area contributed by atoms with E-state index in [2.05, 4.69) is 15.4 Å². The second kappa shape index (κ2) is 13.6. The molecule has 0 radical (unpaired) electrons. The van der Waals surface area contributed by atoms with E-state index in [1.807, 2.05) is 62.4 Å². The fourth-order valence-electron chi connectivity index (χ4n) is 5.42. The van der Waals surface area contributed by atoms with Crippen molar-refractivity contribution in [3.8, 4) is 0 Å². The maximum Gasteiger partial charge on any atom is 0.319 e. The fraction of sp³-hybridized carbons (Fsp3) is 0.387. The quantitative estimate of drug-likeness (QED) is 0.295. The highest BCUT2D eigenvalue weighted by molar-refractivity contribution is 7.90. The molecule has 1 aliphatic carbocycles. The van der Waals surface area contributed by atoms with Crippen LogP contribution in [0.5, 0.6) is 0 Å². The summed E-state index contributed by atoms with van der Waals surface area (Å²) >= 11 is 0. The molecular weight excluding hydrogens is 540 g/mol. The van der Waals surface area contributed by atoms with Crippen molar-refractivity contribution in [2.75, 3.05) is 18.4 Å². The zero-order valence-electron chi connectivity index (χ0n) is 23.5. The molecule has 1 fully saturated rings. The molecule has 3 N–H and O–H groups in total. The van der Waals surface area contributed by atoms with Gasteiger partial charge in [0.1, 0.15) is 5.92 Å². The van der Waals surface area contributed by atoms with Gasteiger partial charge >= 0.3 is 6.03 Å². The summed E-state index contributed by atoms with van der Waals surface area (Å²) in [6, 6.07) is 20.9. The van der Waals surface area contributed by atoms with Crippen LogP contribution >= 0.6 is 0 Å². The van der Waals surface area contributed by atoms with E-state index >= 15 is 0 Å². The van der Waals surface area contributed by atoms with Crippen LogP contribution in [0.25, 0.3) is 10.8 Å². The first-order chi connectivity index (χ1) is 19.7. The third kappa shape index (κ3) is 7.85. The van der Waals surface area contributed by atoms with E-state index in [1.165, 1.54) is 12.1 Å². The average Bonchev–Trinajstić information content (AvgIpc) is 2.97. The van der Waals surface area contributed by atoms with Crippen LogP contribution in [0, 0.1) is 11.8 Å². The smallest absolute Gasteiger partial charge is 0.319 e. The average molecular weight is 579 g/mol. The van der Waals surface area contributed by atoms with Gasteiger partial charge in [0.2, 0.25) is 11.8 Å². The molecule has 218 valence electrons. The Morgan fingerprint density at radius 3 is 2.15 bits per heavy atom. The van der Waals surface area contributed by atoms with Crippen LogP contribution in [-0.2, 0) is 19.6 Å². The Morgan fingerprint density at radius 2 is 1.49 bits per heavy atom. The van der Waals surface area contributed by atoms with Gasteiger partial charge in [0, 0.05) is 24.8 Å². The summed E-state index contributed by atoms with van der Waals surface area (Å²) in [4.78, 5) is 40.8. The molecule has 41 heavy (non-hydrogen) atoms. The number of benzene rings is 3. The normalized spacial score (nSPS) is 17.8. The molecular formula is C31H38N4O5S. The lowest BCUT2D eigenvalue weighted by molar-refractivity contribution is -0.142. The highest BCUT2D eigenvalue weighted by Gasteiger charge is 2.36. The minimum Gasteiger partial charge on any atom is -0.343 e. The Balaban J connectivity index is 1.41. The van der Waals surface area contributed by atoms with E-state index in [0.717, 1.165) is 10.8 Å². The Bertz CT molecular complexity index is 1470. The number of para-hydroxylation sites is 1. The number of hydrogen-bond acceptors (Lipinski definition) is 5. The Hall–Kier alpha value is -3.92. The number of carbonyl (C=O) groups is 3. The number of carbonyl (C=O) groups excluding carboxylic acids is 3. The van der Waals surface area contributed by atoms with Gasteiger partial charge in [0.25, 0.3) is 10.0 Å². The lowest BCUT2D eigenvalue weighted by Gasteiger charge is -2.32. The molecule has 3 aromatic carbocycles. The molecule has 9 nitrogen and oxygen atoms in total. The summed E-state index contributed by atoms with van der Waals surface area (Å²) in [5, 5.41) is 7.45. The third-order valence-electron chi connectivity index (χ3n) is 7.74. The van der Waals surface area contributed by atoms with Crippen molar-refractivity contribution in [3.05, 3.63) is 72.8 Å². The van der Waals surface area contributed by atoms with Crippen LogP contribution in [-0.4, -0.2) is 50.3 Å². The van der Waals surface area contributed by atoms with Crippen LogP contribution < -0.4 is 15.4 Å². The zero-order chi connectivity index (χ0) is 29.4. The number of amides is 4. The summed E-state index contributed by atoms with van der Waals surface area (Å²) in [6.07, 6.45) is 3.08. The molecule has 1 atom stereocenters. The fourth-order valence-corrected chi connectivity index (χ4v) is 6.48. The lowest BCUT2D eigenvalue weighted by atomic mass is 9.80. The van der Waals surface area contributed by atoms with E-state index in [0.29, 0.717) is 44.5 Å². The number of nitrogens with one attached hydrogen (secondary N) is 3. The summed E-state index contributed by atoms with van der Waals surface area (Å²) in [6.45, 7) is 4.51. The molecule has 0 aliphatic heterocycles. The zero-order valence-corrected chi connectivity index (χ0v) is 24.3. The molecule has 0 bridgehead atoms. The van der Waals surface area contributed by atoms with E-state index < -0.39 is 21.8 Å². The lowest BCUT2D eigenvalue weighted by Crippen LogP contribution is -2.46. The van der Waals surface area contributed by atoms with Gasteiger partial charge < -0.3 is 15.5 Å². The predicted molar refractivity (Wildman–Crippen MR) is 160 cm³/mol. The van der Waals surface area contributed by atoms with Crippen molar-refractivity contribution < 1.29 is 22.8 Å². The summed E-state index contributed by atoms with van der Waals surface area (Å²) < 4.78 is 28.6. The van der Waals surface area contributed by atoms with Gasteiger partial charge in [-0.05, 0) is 86.9 Å². The molecule has 10 heteroatoms. The molecule has 0 heterocycles. The van der Waals surface area contributed by atoms with Crippen molar-refractivity contribution in [1.82, 2.24) is 14.9 Å². The Kier molecular flexibility index (Phi) is 9.99. The SMILES string of the molecule is CCN(CC)C(=O)C(C[C@H]1CC[C@@H](NC(=O)Nc2ccccc2)CC1)C(=O)NS(=O)(=O)c1ccc2ccccc2c1. The molecule has 0 aromatic heterocycles. The molecule has 1 aliphatic rings. The summed E-state index contributed by atoms with van der Waals surface area (Å²) in [5.74, 6) is -2.26. The van der Waals surface area contributed by atoms with Crippen molar-refractivity contribution in [2.45, 2.75) is 56.9 Å². The van der Waals surface area contributed by atoms with Gasteiger partial charge in [-0.25, -0.2) is 17.9 Å². The highest BCUT2D eigenvalue weighted by atomic mass is 32.2. The van der Waals surface area contributed by atoms with Crippen LogP contribution in [0.15, 0.2) is 77.7 Å². The van der Waals surface area contributed by atoms with Gasteiger partial charge in [-0.1, -0.05) is 48.5 Å². The van der Waals surface area contributed by atoms with Gasteiger partial charge in [-0.15, -0.1) is 0 Å². The van der Waals surface area contributed by atoms with E-state index in [1.54, 1.807) is 17.0 Å². The van der Waals surface area contributed by atoms with Crippen LogP contribution in [0.2, 0.25) is 0 Å². The minimum absolute atomic E-state index is 0.0194. The third-order valence-corrected chi connectivity index (χ3v) is 9.08. The maximum atomic E-state index is 13.4. The molecule has 1 unspecified atom stereocenters. The van der Waals surface area contributed by atoms with Crippen molar-refractivity contribution in [1.29, 1.82) is 0 Å².